The maximum Gasteiger partial charge on any atom is 0.240 e. The van der Waals surface area contributed by atoms with E-state index in [4.69, 9.17) is 4.74 Å². The molecular weight excluding hydrogens is 402 g/mol. The fourth-order valence-corrected chi connectivity index (χ4v) is 3.53. The van der Waals surface area contributed by atoms with E-state index in [-0.39, 0.29) is 36.7 Å². The number of nitrogens with one attached hydrogen (secondary N) is 3. The molecule has 0 saturated carbocycles. The summed E-state index contributed by atoms with van der Waals surface area (Å²) in [6.45, 7) is 0.775. The highest BCUT2D eigenvalue weighted by molar-refractivity contribution is 7.89. The van der Waals surface area contributed by atoms with E-state index in [0.717, 1.165) is 18.2 Å². The molecule has 0 aromatic heterocycles. The van der Waals surface area contributed by atoms with Crippen LogP contribution >= 0.6 is 0 Å². The van der Waals surface area contributed by atoms with Gasteiger partial charge in [-0.15, -0.1) is 0 Å². The van der Waals surface area contributed by atoms with Crippen molar-refractivity contribution < 1.29 is 21.9 Å². The predicted molar refractivity (Wildman–Crippen MR) is 107 cm³/mol. The van der Waals surface area contributed by atoms with Crippen LogP contribution in [-0.4, -0.2) is 41.7 Å². The summed E-state index contributed by atoms with van der Waals surface area (Å²) in [5.41, 5.74) is 0.877. The van der Waals surface area contributed by atoms with Gasteiger partial charge in [0.25, 0.3) is 0 Å². The normalized spacial score (nSPS) is 12.1. The summed E-state index contributed by atoms with van der Waals surface area (Å²) in [4.78, 5) is 4.16. The fraction of sp³-hybridized carbons (Fsp3) is 0.316. The van der Waals surface area contributed by atoms with Crippen LogP contribution in [0.4, 0.5) is 8.78 Å². The van der Waals surface area contributed by atoms with Gasteiger partial charge in [-0.2, -0.15) is 0 Å². The lowest BCUT2D eigenvalue weighted by Crippen LogP contribution is -2.36. The number of hydrogen-bond acceptors (Lipinski definition) is 4. The average molecular weight is 426 g/mol. The molecule has 158 valence electrons. The summed E-state index contributed by atoms with van der Waals surface area (Å²) >= 11 is 0. The van der Waals surface area contributed by atoms with E-state index in [9.17, 15) is 17.2 Å². The van der Waals surface area contributed by atoms with E-state index >= 15 is 0 Å². The highest BCUT2D eigenvalue weighted by atomic mass is 32.2. The second-order valence-electron chi connectivity index (χ2n) is 6.05. The standard InChI is InChI=1S/C19H24F2N4O3S/c1-22-19(24-13-15-11-16(20)6-7-18(15)21)23-12-14-4-3-5-17(10-14)29(26,27)25-8-9-28-2/h3-7,10-11,25H,8-9,12-13H2,1-2H3,(H2,22,23,24). The van der Waals surface area contributed by atoms with Crippen molar-refractivity contribution in [1.82, 2.24) is 15.4 Å². The van der Waals surface area contributed by atoms with Crippen LogP contribution in [0.2, 0.25) is 0 Å². The Bertz CT molecular complexity index is 952. The number of sulfonamides is 1. The van der Waals surface area contributed by atoms with Crippen LogP contribution in [0.25, 0.3) is 0 Å². The van der Waals surface area contributed by atoms with Gasteiger partial charge in [-0.25, -0.2) is 21.9 Å². The third-order valence-electron chi connectivity index (χ3n) is 3.94. The molecule has 2 aromatic rings. The number of benzene rings is 2. The van der Waals surface area contributed by atoms with Gasteiger partial charge in [-0.3, -0.25) is 4.99 Å². The summed E-state index contributed by atoms with van der Waals surface area (Å²) in [6.07, 6.45) is 0. The first-order chi connectivity index (χ1) is 13.9. The van der Waals surface area contributed by atoms with E-state index in [1.165, 1.54) is 20.2 Å². The lowest BCUT2D eigenvalue weighted by atomic mass is 10.2. The predicted octanol–water partition coefficient (Wildman–Crippen LogP) is 1.75. The van der Waals surface area contributed by atoms with Crippen molar-refractivity contribution in [3.05, 3.63) is 65.2 Å². The zero-order valence-corrected chi connectivity index (χ0v) is 17.0. The summed E-state index contributed by atoms with van der Waals surface area (Å²) in [5.74, 6) is -0.684. The van der Waals surface area contributed by atoms with Crippen molar-refractivity contribution >= 4 is 16.0 Å². The molecule has 0 bridgehead atoms. The minimum atomic E-state index is -3.64. The molecule has 0 aliphatic carbocycles. The van der Waals surface area contributed by atoms with Crippen LogP contribution in [0, 0.1) is 11.6 Å². The van der Waals surface area contributed by atoms with Gasteiger partial charge in [0.05, 0.1) is 11.5 Å². The van der Waals surface area contributed by atoms with E-state index in [1.807, 2.05) is 0 Å². The first-order valence-corrected chi connectivity index (χ1v) is 10.3. The molecule has 0 saturated heterocycles. The van der Waals surface area contributed by atoms with E-state index in [0.29, 0.717) is 11.5 Å². The SMILES string of the molecule is CN=C(NCc1cccc(S(=O)(=O)NCCOC)c1)NCc1cc(F)ccc1F. The third kappa shape index (κ3) is 7.08. The number of halogens is 2. The summed E-state index contributed by atoms with van der Waals surface area (Å²) < 4.78 is 58.8. The Kier molecular flexibility index (Phi) is 8.50. The van der Waals surface area contributed by atoms with Gasteiger partial charge in [-0.1, -0.05) is 12.1 Å². The first kappa shape index (κ1) is 22.7. The quantitative estimate of drug-likeness (QED) is 0.323. The van der Waals surface area contributed by atoms with Gasteiger partial charge in [0.2, 0.25) is 10.0 Å². The fourth-order valence-electron chi connectivity index (χ4n) is 2.45. The number of rotatable bonds is 9. The van der Waals surface area contributed by atoms with Crippen molar-refractivity contribution in [2.45, 2.75) is 18.0 Å². The molecule has 0 unspecified atom stereocenters. The van der Waals surface area contributed by atoms with Crippen molar-refractivity contribution in [3.8, 4) is 0 Å². The molecule has 2 rings (SSSR count). The van der Waals surface area contributed by atoms with Crippen LogP contribution in [-0.2, 0) is 27.8 Å². The second-order valence-corrected chi connectivity index (χ2v) is 7.82. The second kappa shape index (κ2) is 10.8. The first-order valence-electron chi connectivity index (χ1n) is 8.81. The molecule has 0 amide bonds. The topological polar surface area (TPSA) is 91.8 Å². The molecule has 2 aromatic carbocycles. The Morgan fingerprint density at radius 3 is 2.59 bits per heavy atom. The van der Waals surface area contributed by atoms with Gasteiger partial charge in [0, 0.05) is 39.4 Å². The molecule has 0 heterocycles. The van der Waals surface area contributed by atoms with Gasteiger partial charge in [0.15, 0.2) is 5.96 Å². The van der Waals surface area contributed by atoms with Crippen LogP contribution in [0.5, 0.6) is 0 Å². The molecule has 0 spiro atoms. The molecule has 0 atom stereocenters. The summed E-state index contributed by atoms with van der Waals surface area (Å²) in [5, 5.41) is 5.90. The van der Waals surface area contributed by atoms with Crippen LogP contribution in [0.3, 0.4) is 0 Å². The lowest BCUT2D eigenvalue weighted by molar-refractivity contribution is 0.204. The monoisotopic (exact) mass is 426 g/mol. The average Bonchev–Trinajstić information content (AvgIpc) is 2.71. The number of methoxy groups -OCH3 is 1. The van der Waals surface area contributed by atoms with Gasteiger partial charge < -0.3 is 15.4 Å². The highest BCUT2D eigenvalue weighted by Crippen LogP contribution is 2.12. The van der Waals surface area contributed by atoms with Crippen molar-refractivity contribution in [1.29, 1.82) is 0 Å². The van der Waals surface area contributed by atoms with Gasteiger partial charge in [0.1, 0.15) is 11.6 Å². The van der Waals surface area contributed by atoms with E-state index < -0.39 is 21.7 Å². The Hall–Kier alpha value is -2.56. The van der Waals surface area contributed by atoms with Crippen LogP contribution in [0.15, 0.2) is 52.4 Å². The van der Waals surface area contributed by atoms with Crippen molar-refractivity contribution in [3.63, 3.8) is 0 Å². The smallest absolute Gasteiger partial charge is 0.240 e. The summed E-state index contributed by atoms with van der Waals surface area (Å²) in [6, 6.07) is 9.67. The van der Waals surface area contributed by atoms with Crippen molar-refractivity contribution in [2.75, 3.05) is 27.3 Å². The number of nitrogens with zero attached hydrogens (tertiary/aromatic N) is 1. The number of guanidine groups is 1. The molecule has 10 heteroatoms. The minimum Gasteiger partial charge on any atom is -0.383 e. The van der Waals surface area contributed by atoms with Gasteiger partial charge >= 0.3 is 0 Å². The number of aliphatic imine (C=N–C) groups is 1. The molecule has 29 heavy (non-hydrogen) atoms. The Morgan fingerprint density at radius 1 is 1.10 bits per heavy atom. The third-order valence-corrected chi connectivity index (χ3v) is 5.40. The van der Waals surface area contributed by atoms with E-state index in [1.54, 1.807) is 18.2 Å². The Balaban J connectivity index is 1.96. The minimum absolute atomic E-state index is 0.0428. The Labute approximate surface area is 169 Å². The summed E-state index contributed by atoms with van der Waals surface area (Å²) in [7, 11) is -0.605. The number of ether oxygens (including phenoxy) is 1. The molecule has 7 nitrogen and oxygen atoms in total. The van der Waals surface area contributed by atoms with Crippen LogP contribution < -0.4 is 15.4 Å². The molecule has 0 fully saturated rings. The van der Waals surface area contributed by atoms with Crippen LogP contribution in [0.1, 0.15) is 11.1 Å². The maximum atomic E-state index is 13.7. The largest absolute Gasteiger partial charge is 0.383 e. The van der Waals surface area contributed by atoms with E-state index in [2.05, 4.69) is 20.3 Å². The molecule has 0 aliphatic heterocycles. The maximum absolute atomic E-state index is 13.7. The highest BCUT2D eigenvalue weighted by Gasteiger charge is 2.13. The molecule has 3 N–H and O–H groups in total. The molecule has 0 radical (unpaired) electrons. The zero-order chi connectivity index (χ0) is 21.3. The lowest BCUT2D eigenvalue weighted by Gasteiger charge is -2.13. The molecule has 0 aliphatic rings. The Morgan fingerprint density at radius 2 is 1.86 bits per heavy atom. The van der Waals surface area contributed by atoms with Gasteiger partial charge in [-0.05, 0) is 35.9 Å². The molecular formula is C19H24F2N4O3S. The number of hydrogen-bond donors (Lipinski definition) is 3. The van der Waals surface area contributed by atoms with Crippen molar-refractivity contribution in [2.24, 2.45) is 4.99 Å². The zero-order valence-electron chi connectivity index (χ0n) is 16.2.